The van der Waals surface area contributed by atoms with Crippen LogP contribution >= 0.6 is 11.3 Å². The molecule has 0 spiro atoms. The van der Waals surface area contributed by atoms with Gasteiger partial charge in [0.1, 0.15) is 0 Å². The Morgan fingerprint density at radius 3 is 3.27 bits per heavy atom. The Morgan fingerprint density at radius 2 is 2.64 bits per heavy atom. The Kier molecular flexibility index (Phi) is 2.21. The van der Waals surface area contributed by atoms with Crippen molar-refractivity contribution in [3.8, 4) is 0 Å². The molecule has 1 saturated heterocycles. The van der Waals surface area contributed by atoms with Crippen molar-refractivity contribution in [1.82, 2.24) is 5.32 Å². The van der Waals surface area contributed by atoms with Crippen LogP contribution in [0.15, 0.2) is 16.8 Å². The zero-order valence-corrected chi connectivity index (χ0v) is 7.06. The van der Waals surface area contributed by atoms with E-state index >= 15 is 0 Å². The smallest absolute Gasteiger partial charge is 0.0662 e. The van der Waals surface area contributed by atoms with Crippen molar-refractivity contribution in [2.24, 2.45) is 0 Å². The monoisotopic (exact) mass is 169 g/mol. The minimum atomic E-state index is 0.426. The lowest BCUT2D eigenvalue weighted by molar-refractivity contribution is 0.0770. The van der Waals surface area contributed by atoms with Crippen LogP contribution in [0.25, 0.3) is 0 Å². The third-order valence-electron chi connectivity index (χ3n) is 1.87. The van der Waals surface area contributed by atoms with Crippen molar-refractivity contribution in [3.05, 3.63) is 22.4 Å². The number of morpholine rings is 1. The highest BCUT2D eigenvalue weighted by molar-refractivity contribution is 7.07. The molecule has 2 heterocycles. The van der Waals surface area contributed by atoms with Gasteiger partial charge in [-0.2, -0.15) is 11.3 Å². The first-order valence-corrected chi connectivity index (χ1v) is 4.74. The van der Waals surface area contributed by atoms with E-state index in [-0.39, 0.29) is 0 Å². The third-order valence-corrected chi connectivity index (χ3v) is 2.57. The van der Waals surface area contributed by atoms with Crippen molar-refractivity contribution >= 4 is 11.3 Å². The molecule has 3 heteroatoms. The Labute approximate surface area is 70.2 Å². The summed E-state index contributed by atoms with van der Waals surface area (Å²) in [5.41, 5.74) is 1.36. The molecule has 0 bridgehead atoms. The summed E-state index contributed by atoms with van der Waals surface area (Å²) in [6.07, 6.45) is 0. The number of ether oxygens (including phenoxy) is 1. The average Bonchev–Trinajstić information content (AvgIpc) is 2.58. The number of rotatable bonds is 1. The average molecular weight is 169 g/mol. The fourth-order valence-electron chi connectivity index (χ4n) is 1.25. The van der Waals surface area contributed by atoms with Crippen molar-refractivity contribution in [3.63, 3.8) is 0 Å². The summed E-state index contributed by atoms with van der Waals surface area (Å²) in [6, 6.07) is 2.58. The fraction of sp³-hybridized carbons (Fsp3) is 0.500. The molecule has 11 heavy (non-hydrogen) atoms. The summed E-state index contributed by atoms with van der Waals surface area (Å²) >= 11 is 1.74. The topological polar surface area (TPSA) is 21.3 Å². The fourth-order valence-corrected chi connectivity index (χ4v) is 1.97. The molecule has 0 radical (unpaired) electrons. The van der Waals surface area contributed by atoms with Gasteiger partial charge in [0.2, 0.25) is 0 Å². The maximum Gasteiger partial charge on any atom is 0.0662 e. The molecule has 1 aliphatic rings. The highest BCUT2D eigenvalue weighted by Gasteiger charge is 2.14. The van der Waals surface area contributed by atoms with Crippen LogP contribution in [-0.2, 0) is 4.74 Å². The molecule has 0 amide bonds. The standard InChI is InChI=1S/C8H11NOS/c1-4-11-6-7(1)8-5-10-3-2-9-8/h1,4,6,8-9H,2-3,5H2/t8-/m1/s1. The van der Waals surface area contributed by atoms with Gasteiger partial charge in [-0.1, -0.05) is 0 Å². The number of hydrogen-bond donors (Lipinski definition) is 1. The van der Waals surface area contributed by atoms with Gasteiger partial charge in [-0.05, 0) is 22.4 Å². The zero-order valence-electron chi connectivity index (χ0n) is 6.25. The molecule has 60 valence electrons. The summed E-state index contributed by atoms with van der Waals surface area (Å²) in [6.45, 7) is 2.64. The molecule has 1 aliphatic heterocycles. The molecule has 0 aromatic carbocycles. The van der Waals surface area contributed by atoms with Crippen LogP contribution in [0.3, 0.4) is 0 Å². The van der Waals surface area contributed by atoms with E-state index < -0.39 is 0 Å². The van der Waals surface area contributed by atoms with E-state index in [0.29, 0.717) is 6.04 Å². The van der Waals surface area contributed by atoms with Crippen LogP contribution in [0.5, 0.6) is 0 Å². The first kappa shape index (κ1) is 7.28. The van der Waals surface area contributed by atoms with E-state index in [2.05, 4.69) is 22.1 Å². The number of nitrogens with one attached hydrogen (secondary N) is 1. The van der Waals surface area contributed by atoms with E-state index in [4.69, 9.17) is 4.74 Å². The molecular weight excluding hydrogens is 158 g/mol. The van der Waals surface area contributed by atoms with Gasteiger partial charge >= 0.3 is 0 Å². The second kappa shape index (κ2) is 3.34. The summed E-state index contributed by atoms with van der Waals surface area (Å²) in [5, 5.41) is 7.68. The predicted molar refractivity (Wildman–Crippen MR) is 45.9 cm³/mol. The second-order valence-corrected chi connectivity index (χ2v) is 3.42. The van der Waals surface area contributed by atoms with Crippen molar-refractivity contribution < 1.29 is 4.74 Å². The normalized spacial score (nSPS) is 25.3. The Bertz CT molecular complexity index is 204. The molecular formula is C8H11NOS. The molecule has 1 N–H and O–H groups in total. The lowest BCUT2D eigenvalue weighted by Crippen LogP contribution is -2.34. The molecule has 1 aromatic heterocycles. The van der Waals surface area contributed by atoms with E-state index in [9.17, 15) is 0 Å². The number of hydrogen-bond acceptors (Lipinski definition) is 3. The maximum atomic E-state index is 5.35. The lowest BCUT2D eigenvalue weighted by atomic mass is 10.1. The minimum absolute atomic E-state index is 0.426. The van der Waals surface area contributed by atoms with Crippen LogP contribution < -0.4 is 5.32 Å². The first-order valence-electron chi connectivity index (χ1n) is 3.80. The van der Waals surface area contributed by atoms with Gasteiger partial charge in [-0.3, -0.25) is 0 Å². The van der Waals surface area contributed by atoms with Crippen LogP contribution in [0, 0.1) is 0 Å². The summed E-state index contributed by atoms with van der Waals surface area (Å²) in [4.78, 5) is 0. The Hall–Kier alpha value is -0.380. The number of thiophene rings is 1. The molecule has 2 rings (SSSR count). The van der Waals surface area contributed by atoms with E-state index in [1.165, 1.54) is 5.56 Å². The molecule has 0 saturated carbocycles. The highest BCUT2D eigenvalue weighted by Crippen LogP contribution is 2.17. The summed E-state index contributed by atoms with van der Waals surface area (Å²) in [7, 11) is 0. The zero-order chi connectivity index (χ0) is 7.52. The molecule has 1 atom stereocenters. The van der Waals surface area contributed by atoms with Crippen LogP contribution in [0.4, 0.5) is 0 Å². The van der Waals surface area contributed by atoms with Crippen LogP contribution in [-0.4, -0.2) is 19.8 Å². The van der Waals surface area contributed by atoms with Gasteiger partial charge in [0.15, 0.2) is 0 Å². The molecule has 0 unspecified atom stereocenters. The van der Waals surface area contributed by atoms with Gasteiger partial charge in [0.25, 0.3) is 0 Å². The minimum Gasteiger partial charge on any atom is -0.378 e. The lowest BCUT2D eigenvalue weighted by Gasteiger charge is -2.22. The van der Waals surface area contributed by atoms with Crippen molar-refractivity contribution in [2.75, 3.05) is 19.8 Å². The van der Waals surface area contributed by atoms with E-state index in [0.717, 1.165) is 19.8 Å². The molecule has 0 aliphatic carbocycles. The Balaban J connectivity index is 2.04. The molecule has 2 nitrogen and oxygen atoms in total. The summed E-state index contributed by atoms with van der Waals surface area (Å²) < 4.78 is 5.35. The van der Waals surface area contributed by atoms with Crippen LogP contribution in [0.2, 0.25) is 0 Å². The molecule has 1 aromatic rings. The highest BCUT2D eigenvalue weighted by atomic mass is 32.1. The third kappa shape index (κ3) is 1.61. The van der Waals surface area contributed by atoms with E-state index in [1.54, 1.807) is 11.3 Å². The first-order chi connectivity index (χ1) is 5.47. The largest absolute Gasteiger partial charge is 0.378 e. The van der Waals surface area contributed by atoms with Gasteiger partial charge in [0.05, 0.1) is 19.3 Å². The Morgan fingerprint density at radius 1 is 1.64 bits per heavy atom. The second-order valence-electron chi connectivity index (χ2n) is 2.64. The van der Waals surface area contributed by atoms with Gasteiger partial charge in [-0.15, -0.1) is 0 Å². The maximum absolute atomic E-state index is 5.35. The summed E-state index contributed by atoms with van der Waals surface area (Å²) in [5.74, 6) is 0. The van der Waals surface area contributed by atoms with Gasteiger partial charge < -0.3 is 10.1 Å². The SMILES string of the molecule is c1cc([C@H]2COCCN2)cs1. The van der Waals surface area contributed by atoms with Crippen molar-refractivity contribution in [2.45, 2.75) is 6.04 Å². The quantitative estimate of drug-likeness (QED) is 0.686. The predicted octanol–water partition coefficient (Wildman–Crippen LogP) is 1.41. The van der Waals surface area contributed by atoms with Crippen molar-refractivity contribution in [1.29, 1.82) is 0 Å². The van der Waals surface area contributed by atoms with Crippen LogP contribution in [0.1, 0.15) is 11.6 Å². The van der Waals surface area contributed by atoms with Gasteiger partial charge in [-0.25, -0.2) is 0 Å². The molecule has 1 fully saturated rings. The van der Waals surface area contributed by atoms with E-state index in [1.807, 2.05) is 0 Å². The van der Waals surface area contributed by atoms with Gasteiger partial charge in [0, 0.05) is 6.54 Å².